The lowest BCUT2D eigenvalue weighted by Gasteiger charge is -2.27. The maximum Gasteiger partial charge on any atom is 0.109 e. The number of nitrogens with zero attached hydrogens (tertiary/aromatic N) is 2. The van der Waals surface area contributed by atoms with Crippen LogP contribution in [-0.2, 0) is 12.8 Å². The van der Waals surface area contributed by atoms with Gasteiger partial charge in [-0.15, -0.1) is 0 Å². The largest absolute Gasteiger partial charge is 0.240 e. The van der Waals surface area contributed by atoms with E-state index in [-0.39, 0.29) is 0 Å². The first-order valence-corrected chi connectivity index (χ1v) is 24.0. The number of aliphatic imine (C=N–C) groups is 2. The van der Waals surface area contributed by atoms with Crippen LogP contribution in [0.4, 0.5) is 11.4 Å². The molecule has 60 heavy (non-hydrogen) atoms. The van der Waals surface area contributed by atoms with Crippen molar-refractivity contribution in [1.29, 1.82) is 0 Å². The third kappa shape index (κ3) is 10.0. The van der Waals surface area contributed by atoms with Gasteiger partial charge in [-0.05, 0) is 96.6 Å². The average molecular weight is 825 g/mol. The molecule has 2 nitrogen and oxygen atoms in total. The minimum Gasteiger partial charge on any atom is -0.240 e. The lowest BCUT2D eigenvalue weighted by molar-refractivity contribution is 0.534. The van der Waals surface area contributed by atoms with E-state index in [4.69, 9.17) is 9.98 Å². The topological polar surface area (TPSA) is 24.7 Å². The second-order valence-corrected chi connectivity index (χ2v) is 20.0. The van der Waals surface area contributed by atoms with Crippen molar-refractivity contribution in [3.63, 3.8) is 0 Å². The monoisotopic (exact) mass is 824 g/mol. The van der Waals surface area contributed by atoms with Crippen LogP contribution in [0.2, 0.25) is 0 Å². The molecule has 2 radical (unpaired) electrons. The molecule has 306 valence electrons. The van der Waals surface area contributed by atoms with E-state index < -0.39 is 0 Å². The molecule has 6 aromatic rings. The van der Waals surface area contributed by atoms with Gasteiger partial charge in [0.05, 0.1) is 11.4 Å². The van der Waals surface area contributed by atoms with Crippen molar-refractivity contribution in [3.05, 3.63) is 155 Å². The molecular formula is C56H60N2S2. The molecule has 0 unspecified atom stereocenters. The summed E-state index contributed by atoms with van der Waals surface area (Å²) in [6.45, 7) is 14.0. The Morgan fingerprint density at radius 2 is 0.850 bits per heavy atom. The van der Waals surface area contributed by atoms with Gasteiger partial charge in [-0.25, -0.2) is 9.98 Å². The van der Waals surface area contributed by atoms with Crippen molar-refractivity contribution in [2.24, 2.45) is 21.8 Å². The molecule has 0 aliphatic carbocycles. The van der Waals surface area contributed by atoms with E-state index in [0.717, 1.165) is 70.1 Å². The van der Waals surface area contributed by atoms with Crippen LogP contribution in [-0.4, -0.2) is 10.1 Å². The third-order valence-electron chi connectivity index (χ3n) is 12.1. The van der Waals surface area contributed by atoms with Gasteiger partial charge in [-0.3, -0.25) is 0 Å². The summed E-state index contributed by atoms with van der Waals surface area (Å²) < 4.78 is 0. The Bertz CT molecular complexity index is 2270. The number of thioether (sulfide) groups is 2. The van der Waals surface area contributed by atoms with Crippen molar-refractivity contribution in [1.82, 2.24) is 0 Å². The zero-order valence-electron chi connectivity index (χ0n) is 36.5. The fourth-order valence-electron chi connectivity index (χ4n) is 8.52. The molecule has 0 saturated heterocycles. The highest BCUT2D eigenvalue weighted by atomic mass is 32.2. The van der Waals surface area contributed by atoms with Gasteiger partial charge in [-0.1, -0.05) is 200 Å². The predicted molar refractivity (Wildman–Crippen MR) is 264 cm³/mol. The summed E-state index contributed by atoms with van der Waals surface area (Å²) in [4.78, 5) is 13.6. The number of hydrogen-bond acceptors (Lipinski definition) is 4. The molecule has 2 heterocycles. The number of aryl methyl sites for hydroxylation is 2. The van der Waals surface area contributed by atoms with Gasteiger partial charge in [0.25, 0.3) is 0 Å². The summed E-state index contributed by atoms with van der Waals surface area (Å²) in [6, 6.07) is 44.9. The molecule has 0 amide bonds. The number of rotatable bonds is 18. The first-order valence-electron chi connectivity index (χ1n) is 22.3. The Balaban J connectivity index is 1.19. The van der Waals surface area contributed by atoms with Crippen LogP contribution in [0.15, 0.2) is 141 Å². The standard InChI is InChI=1S/C56H60N2S2/c1-37(2)15-13-17-39(5)23-25-41-27-31-43(32-28-41)47-35-49-52-51-50(60-55(57-53(47)51)45-19-9-7-10-20-45)36-48(54(52)58-56(59-49)46-21-11-8-12-22-46)44-33-29-42(30-34-44)26-24-40(6)18-14-16-38(3)4/h7-12,19-22,27-38H,13-18,23-26H2,1-6H3. The molecule has 0 N–H and O–H groups in total. The van der Waals surface area contributed by atoms with Crippen molar-refractivity contribution in [2.45, 2.75) is 116 Å². The average Bonchev–Trinajstić information content (AvgIpc) is 3.27. The Kier molecular flexibility index (Phi) is 13.8. The van der Waals surface area contributed by atoms with E-state index in [2.05, 4.69) is 163 Å². The highest BCUT2D eigenvalue weighted by molar-refractivity contribution is 8.15. The second-order valence-electron chi connectivity index (χ2n) is 17.9. The maximum atomic E-state index is 5.54. The quantitative estimate of drug-likeness (QED) is 0.0862. The maximum absolute atomic E-state index is 5.54. The minimum atomic E-state index is 0.775. The highest BCUT2D eigenvalue weighted by Crippen LogP contribution is 2.57. The van der Waals surface area contributed by atoms with Gasteiger partial charge >= 0.3 is 0 Å². The van der Waals surface area contributed by atoms with E-state index >= 15 is 0 Å². The van der Waals surface area contributed by atoms with Gasteiger partial charge in [0.2, 0.25) is 0 Å². The molecule has 0 bridgehead atoms. The first kappa shape index (κ1) is 42.3. The van der Waals surface area contributed by atoms with E-state index in [0.29, 0.717) is 0 Å². The van der Waals surface area contributed by atoms with E-state index in [9.17, 15) is 0 Å². The number of benzene rings is 6. The van der Waals surface area contributed by atoms with Gasteiger partial charge < -0.3 is 0 Å². The van der Waals surface area contributed by atoms with Gasteiger partial charge in [-0.2, -0.15) is 0 Å². The fraction of sp³-hybridized carbons (Fsp3) is 0.321. The summed E-state index contributed by atoms with van der Waals surface area (Å²) in [5.74, 6) is 4.77. The molecule has 0 atom stereocenters. The zero-order valence-corrected chi connectivity index (χ0v) is 38.1. The lowest BCUT2D eigenvalue weighted by atomic mass is 9.91. The molecule has 0 saturated carbocycles. The van der Waals surface area contributed by atoms with Crippen molar-refractivity contribution < 1.29 is 0 Å². The van der Waals surface area contributed by atoms with Gasteiger partial charge in [0.15, 0.2) is 0 Å². The SMILES string of the molecule is C[C](CCCC(C)C)CCc1ccc(-c2cc3c4c(c(-c5ccc(CC[C](C)CCCC(C)C)cc5)cc5c4c2N=C(c2ccccc2)S5)N=C(c2ccccc2)S3)cc1. The summed E-state index contributed by atoms with van der Waals surface area (Å²) in [6.07, 6.45) is 12.1. The van der Waals surface area contributed by atoms with Crippen LogP contribution in [0.25, 0.3) is 33.0 Å². The van der Waals surface area contributed by atoms with Crippen molar-refractivity contribution in [2.75, 3.05) is 0 Å². The highest BCUT2D eigenvalue weighted by Gasteiger charge is 2.30. The molecule has 0 aromatic heterocycles. The van der Waals surface area contributed by atoms with Crippen LogP contribution in [0.1, 0.15) is 115 Å². The summed E-state index contributed by atoms with van der Waals surface area (Å²) in [7, 11) is 0. The Labute approximate surface area is 368 Å². The molecular weight excluding hydrogens is 765 g/mol. The summed E-state index contributed by atoms with van der Waals surface area (Å²) in [5.41, 5.74) is 11.9. The first-order chi connectivity index (χ1) is 29.2. The summed E-state index contributed by atoms with van der Waals surface area (Å²) in [5, 5.41) is 4.49. The van der Waals surface area contributed by atoms with Crippen molar-refractivity contribution in [3.8, 4) is 22.3 Å². The van der Waals surface area contributed by atoms with Crippen molar-refractivity contribution >= 4 is 55.8 Å². The van der Waals surface area contributed by atoms with E-state index in [1.807, 2.05) is 0 Å². The number of hydrogen-bond donors (Lipinski definition) is 0. The Morgan fingerprint density at radius 3 is 1.22 bits per heavy atom. The zero-order chi connectivity index (χ0) is 41.6. The van der Waals surface area contributed by atoms with Crippen LogP contribution in [0, 0.1) is 23.7 Å². The lowest BCUT2D eigenvalue weighted by Crippen LogP contribution is -2.05. The van der Waals surface area contributed by atoms with Crippen LogP contribution in [0.3, 0.4) is 0 Å². The van der Waals surface area contributed by atoms with Crippen LogP contribution in [0.5, 0.6) is 0 Å². The molecule has 0 spiro atoms. The van der Waals surface area contributed by atoms with E-state index in [1.165, 1.54) is 92.5 Å². The Hall–Kier alpha value is -4.38. The molecule has 8 rings (SSSR count). The summed E-state index contributed by atoms with van der Waals surface area (Å²) >= 11 is 3.59. The normalized spacial score (nSPS) is 13.5. The van der Waals surface area contributed by atoms with E-state index in [1.54, 1.807) is 35.4 Å². The molecule has 2 aliphatic rings. The smallest absolute Gasteiger partial charge is 0.109 e. The predicted octanol–water partition coefficient (Wildman–Crippen LogP) is 17.2. The second kappa shape index (κ2) is 19.6. The molecule has 0 fully saturated rings. The third-order valence-corrected chi connectivity index (χ3v) is 14.3. The molecule has 2 aliphatic heterocycles. The van der Waals surface area contributed by atoms with Gasteiger partial charge in [0, 0.05) is 42.8 Å². The van der Waals surface area contributed by atoms with Gasteiger partial charge in [0.1, 0.15) is 10.1 Å². The molecule has 6 aromatic carbocycles. The minimum absolute atomic E-state index is 0.775. The fourth-order valence-corrected chi connectivity index (χ4v) is 10.7. The van der Waals surface area contributed by atoms with Crippen LogP contribution >= 0.6 is 23.5 Å². The Morgan fingerprint density at radius 1 is 0.467 bits per heavy atom. The molecule has 4 heteroatoms. The van der Waals surface area contributed by atoms with Crippen LogP contribution < -0.4 is 0 Å².